The lowest BCUT2D eigenvalue weighted by Gasteiger charge is -2.29. The van der Waals surface area contributed by atoms with Crippen molar-refractivity contribution in [3.8, 4) is 0 Å². The Morgan fingerprint density at radius 2 is 1.95 bits per heavy atom. The molecule has 1 saturated heterocycles. The molecule has 2 N–H and O–H groups in total. The van der Waals surface area contributed by atoms with E-state index >= 15 is 0 Å². The molecule has 2 fully saturated rings. The topological polar surface area (TPSA) is 63.4 Å². The molecule has 0 bridgehead atoms. The Hall–Kier alpha value is -0.620. The van der Waals surface area contributed by atoms with E-state index in [1.165, 1.54) is 0 Å². The van der Waals surface area contributed by atoms with Gasteiger partial charge in [0.05, 0.1) is 5.02 Å². The molecule has 3 atom stereocenters. The van der Waals surface area contributed by atoms with Crippen LogP contribution in [0.4, 0.5) is 0 Å². The summed E-state index contributed by atoms with van der Waals surface area (Å²) >= 11 is 6.04. The number of nitrogens with zero attached hydrogens (tertiary/aromatic N) is 1. The van der Waals surface area contributed by atoms with E-state index in [1.54, 1.807) is 28.6 Å². The van der Waals surface area contributed by atoms with E-state index in [9.17, 15) is 8.42 Å². The molecule has 20 heavy (non-hydrogen) atoms. The number of rotatable bonds is 2. The van der Waals surface area contributed by atoms with Crippen LogP contribution in [0.15, 0.2) is 29.2 Å². The third-order valence-electron chi connectivity index (χ3n) is 4.57. The standard InChI is InChI=1S/C14H19ClN2O2S/c15-12-5-1-2-7-14(12)20(18,19)17-8-10-4-3-6-13(16)11(10)9-17/h1-2,5,7,10-11,13H,3-4,6,8-9,16H2. The fraction of sp³-hybridized carbons (Fsp3) is 0.571. The van der Waals surface area contributed by atoms with Crippen molar-refractivity contribution in [2.24, 2.45) is 17.6 Å². The Kier molecular flexibility index (Phi) is 3.79. The Bertz CT molecular complexity index is 605. The van der Waals surface area contributed by atoms with Gasteiger partial charge in [0.15, 0.2) is 0 Å². The van der Waals surface area contributed by atoms with E-state index in [0.29, 0.717) is 24.9 Å². The summed E-state index contributed by atoms with van der Waals surface area (Å²) in [4.78, 5) is 0.203. The highest BCUT2D eigenvalue weighted by Gasteiger charge is 2.43. The van der Waals surface area contributed by atoms with Gasteiger partial charge < -0.3 is 5.73 Å². The van der Waals surface area contributed by atoms with Crippen molar-refractivity contribution in [2.75, 3.05) is 13.1 Å². The largest absolute Gasteiger partial charge is 0.327 e. The van der Waals surface area contributed by atoms with Gasteiger partial charge in [0.2, 0.25) is 10.0 Å². The van der Waals surface area contributed by atoms with Crippen molar-refractivity contribution in [1.82, 2.24) is 4.31 Å². The molecular formula is C14H19ClN2O2S. The molecule has 3 unspecified atom stereocenters. The van der Waals surface area contributed by atoms with Crippen molar-refractivity contribution in [3.05, 3.63) is 29.3 Å². The summed E-state index contributed by atoms with van der Waals surface area (Å²) in [6, 6.07) is 6.75. The number of benzene rings is 1. The van der Waals surface area contributed by atoms with Gasteiger partial charge in [-0.25, -0.2) is 8.42 Å². The summed E-state index contributed by atoms with van der Waals surface area (Å²) in [7, 11) is -3.51. The lowest BCUT2D eigenvalue weighted by molar-refractivity contribution is 0.260. The molecule has 1 saturated carbocycles. The Labute approximate surface area is 125 Å². The summed E-state index contributed by atoms with van der Waals surface area (Å²) in [5.41, 5.74) is 6.15. The molecule has 1 heterocycles. The molecule has 1 aromatic rings. The summed E-state index contributed by atoms with van der Waals surface area (Å²) in [6.07, 6.45) is 3.18. The van der Waals surface area contributed by atoms with E-state index in [4.69, 9.17) is 17.3 Å². The van der Waals surface area contributed by atoms with Crippen LogP contribution >= 0.6 is 11.6 Å². The second kappa shape index (κ2) is 5.30. The average molecular weight is 315 g/mol. The fourth-order valence-electron chi connectivity index (χ4n) is 3.47. The first-order chi connectivity index (χ1) is 9.50. The number of halogens is 1. The number of sulfonamides is 1. The Morgan fingerprint density at radius 3 is 2.65 bits per heavy atom. The van der Waals surface area contributed by atoms with Gasteiger partial charge in [-0.3, -0.25) is 0 Å². The highest BCUT2D eigenvalue weighted by molar-refractivity contribution is 7.89. The van der Waals surface area contributed by atoms with Crippen molar-refractivity contribution in [3.63, 3.8) is 0 Å². The molecule has 4 nitrogen and oxygen atoms in total. The number of hydrogen-bond acceptors (Lipinski definition) is 3. The maximum atomic E-state index is 12.7. The van der Waals surface area contributed by atoms with E-state index in [1.807, 2.05) is 0 Å². The molecular weight excluding hydrogens is 296 g/mol. The first kappa shape index (κ1) is 14.3. The van der Waals surface area contributed by atoms with E-state index in [-0.39, 0.29) is 16.0 Å². The van der Waals surface area contributed by atoms with Crippen LogP contribution in [0.5, 0.6) is 0 Å². The van der Waals surface area contributed by atoms with Crippen LogP contribution in [0, 0.1) is 11.8 Å². The minimum Gasteiger partial charge on any atom is -0.327 e. The van der Waals surface area contributed by atoms with Crippen molar-refractivity contribution >= 4 is 21.6 Å². The normalized spacial score (nSPS) is 31.2. The van der Waals surface area contributed by atoms with Crippen LogP contribution in [0.25, 0.3) is 0 Å². The van der Waals surface area contributed by atoms with Crippen LogP contribution in [-0.4, -0.2) is 31.9 Å². The van der Waals surface area contributed by atoms with Crippen LogP contribution in [-0.2, 0) is 10.0 Å². The molecule has 3 rings (SSSR count). The van der Waals surface area contributed by atoms with Crippen LogP contribution < -0.4 is 5.73 Å². The van der Waals surface area contributed by atoms with E-state index < -0.39 is 10.0 Å². The predicted molar refractivity (Wildman–Crippen MR) is 79.0 cm³/mol. The molecule has 0 radical (unpaired) electrons. The van der Waals surface area contributed by atoms with Gasteiger partial charge in [0.1, 0.15) is 4.90 Å². The smallest absolute Gasteiger partial charge is 0.244 e. The average Bonchev–Trinajstić information content (AvgIpc) is 2.85. The van der Waals surface area contributed by atoms with Gasteiger partial charge in [0.25, 0.3) is 0 Å². The summed E-state index contributed by atoms with van der Waals surface area (Å²) in [5, 5.41) is 0.284. The van der Waals surface area contributed by atoms with Crippen LogP contribution in [0.2, 0.25) is 5.02 Å². The highest BCUT2D eigenvalue weighted by atomic mass is 35.5. The quantitative estimate of drug-likeness (QED) is 0.909. The van der Waals surface area contributed by atoms with Gasteiger partial charge in [-0.1, -0.05) is 30.2 Å². The maximum absolute atomic E-state index is 12.7. The zero-order valence-corrected chi connectivity index (χ0v) is 12.8. The number of hydrogen-bond donors (Lipinski definition) is 1. The summed E-state index contributed by atoms with van der Waals surface area (Å²) in [5.74, 6) is 0.692. The minimum atomic E-state index is -3.51. The molecule has 0 spiro atoms. The second-order valence-electron chi connectivity index (χ2n) is 5.77. The molecule has 0 amide bonds. The number of fused-ring (bicyclic) bond motifs is 1. The monoisotopic (exact) mass is 314 g/mol. The third kappa shape index (κ3) is 2.37. The molecule has 6 heteroatoms. The van der Waals surface area contributed by atoms with Gasteiger partial charge in [-0.05, 0) is 36.8 Å². The first-order valence-electron chi connectivity index (χ1n) is 7.00. The first-order valence-corrected chi connectivity index (χ1v) is 8.82. The second-order valence-corrected chi connectivity index (χ2v) is 8.08. The fourth-order valence-corrected chi connectivity index (χ4v) is 5.49. The molecule has 1 aromatic carbocycles. The zero-order valence-electron chi connectivity index (χ0n) is 11.2. The summed E-state index contributed by atoms with van der Waals surface area (Å²) < 4.78 is 27.0. The van der Waals surface area contributed by atoms with Gasteiger partial charge >= 0.3 is 0 Å². The van der Waals surface area contributed by atoms with Crippen LogP contribution in [0.3, 0.4) is 0 Å². The van der Waals surface area contributed by atoms with Gasteiger partial charge in [-0.2, -0.15) is 4.31 Å². The lowest BCUT2D eigenvalue weighted by Crippen LogP contribution is -2.38. The Morgan fingerprint density at radius 1 is 1.20 bits per heavy atom. The third-order valence-corrected chi connectivity index (χ3v) is 6.91. The number of nitrogens with two attached hydrogens (primary N) is 1. The van der Waals surface area contributed by atoms with Crippen LogP contribution in [0.1, 0.15) is 19.3 Å². The zero-order chi connectivity index (χ0) is 14.3. The molecule has 110 valence electrons. The molecule has 1 aliphatic carbocycles. The highest BCUT2D eigenvalue weighted by Crippen LogP contribution is 2.38. The lowest BCUT2D eigenvalue weighted by atomic mass is 9.78. The van der Waals surface area contributed by atoms with Crippen molar-refractivity contribution < 1.29 is 8.42 Å². The summed E-state index contributed by atoms with van der Waals surface area (Å²) in [6.45, 7) is 1.10. The molecule has 1 aliphatic heterocycles. The van der Waals surface area contributed by atoms with Crippen molar-refractivity contribution in [2.45, 2.75) is 30.2 Å². The predicted octanol–water partition coefficient (Wildman–Crippen LogP) is 2.09. The maximum Gasteiger partial charge on any atom is 0.244 e. The van der Waals surface area contributed by atoms with E-state index in [0.717, 1.165) is 19.3 Å². The van der Waals surface area contributed by atoms with E-state index in [2.05, 4.69) is 0 Å². The Balaban J connectivity index is 1.89. The van der Waals surface area contributed by atoms with Crippen molar-refractivity contribution in [1.29, 1.82) is 0 Å². The molecule has 0 aromatic heterocycles. The van der Waals surface area contributed by atoms with Gasteiger partial charge in [-0.15, -0.1) is 0 Å². The minimum absolute atomic E-state index is 0.125. The van der Waals surface area contributed by atoms with Gasteiger partial charge in [0, 0.05) is 19.1 Å². The molecule has 2 aliphatic rings. The SMILES string of the molecule is NC1CCCC2CN(S(=O)(=O)c3ccccc3Cl)CC12.